The van der Waals surface area contributed by atoms with E-state index in [2.05, 4.69) is 89.2 Å². The smallest absolute Gasteiger partial charge is 0.302 e. The average Bonchev–Trinajstić information content (AvgIpc) is 2.47. The Morgan fingerprint density at radius 2 is 1.19 bits per heavy atom. The third kappa shape index (κ3) is 10.8. The standard InChI is InChI=1S/C15H24O2P2.C10H18P2.Fe/c1-10(16)17-9-11-8-12(14(2,3)4)19-13(18-11)15(5,6)7;1-9(2,3)7-11-8(12-7)10(4,5)6;/h8H,9H2,1-7H3;1-6H3;. The molecular weight excluding hydrogens is 512 g/mol. The molecule has 2 nitrogen and oxygen atoms in total. The van der Waals surface area contributed by atoms with Gasteiger partial charge < -0.3 is 4.74 Å². The fourth-order valence-corrected chi connectivity index (χ4v) is 8.06. The second-order valence-corrected chi connectivity index (χ2v) is 17.9. The van der Waals surface area contributed by atoms with Crippen LogP contribution in [-0.4, -0.2) is 16.0 Å². The van der Waals surface area contributed by atoms with Crippen molar-refractivity contribution in [2.24, 2.45) is 10.8 Å². The summed E-state index contributed by atoms with van der Waals surface area (Å²) in [4.78, 5) is 11.0. The molecule has 182 valence electrons. The molecule has 0 unspecified atom stereocenters. The Labute approximate surface area is 214 Å². The fraction of sp³-hybridized carbons (Fsp3) is 0.720. The van der Waals surface area contributed by atoms with Crippen LogP contribution in [0.3, 0.4) is 0 Å². The van der Waals surface area contributed by atoms with Gasteiger partial charge in [-0.3, -0.25) is 4.79 Å². The molecule has 0 spiro atoms. The van der Waals surface area contributed by atoms with Crippen molar-refractivity contribution in [1.29, 1.82) is 0 Å². The Bertz CT molecular complexity index is 796. The zero-order chi connectivity index (χ0) is 24.4. The van der Waals surface area contributed by atoms with E-state index in [1.54, 1.807) is 10.1 Å². The summed E-state index contributed by atoms with van der Waals surface area (Å²) in [6, 6.07) is 2.22. The van der Waals surface area contributed by atoms with E-state index in [0.29, 0.717) is 17.4 Å². The van der Waals surface area contributed by atoms with Crippen LogP contribution in [0.1, 0.15) is 106 Å². The van der Waals surface area contributed by atoms with Crippen LogP contribution in [0.4, 0.5) is 0 Å². The predicted molar refractivity (Wildman–Crippen MR) is 147 cm³/mol. The van der Waals surface area contributed by atoms with Crippen LogP contribution in [0.2, 0.25) is 0 Å². The summed E-state index contributed by atoms with van der Waals surface area (Å²) in [5, 5.41) is 7.41. The maximum absolute atomic E-state index is 11.0. The molecule has 0 atom stereocenters. The first-order valence-corrected chi connectivity index (χ1v) is 14.5. The molecule has 0 saturated carbocycles. The van der Waals surface area contributed by atoms with Crippen molar-refractivity contribution in [2.75, 3.05) is 0 Å². The first kappa shape index (κ1) is 32.4. The minimum Gasteiger partial charge on any atom is -0.461 e. The first-order valence-electron chi connectivity index (χ1n) is 10.9. The molecule has 2 heterocycles. The molecule has 1 aromatic rings. The van der Waals surface area contributed by atoms with Crippen molar-refractivity contribution in [2.45, 2.75) is 107 Å². The molecule has 32 heavy (non-hydrogen) atoms. The van der Waals surface area contributed by atoms with Gasteiger partial charge in [-0.05, 0) is 33.0 Å². The molecule has 0 saturated heterocycles. The van der Waals surface area contributed by atoms with Crippen LogP contribution < -0.4 is 0 Å². The zero-order valence-corrected chi connectivity index (χ0v) is 26.9. The number of carbonyl (C=O) groups excluding carboxylic acids is 1. The molecule has 0 aliphatic carbocycles. The van der Waals surface area contributed by atoms with Crippen molar-refractivity contribution in [3.63, 3.8) is 0 Å². The minimum atomic E-state index is -0.214. The number of hydrogen-bond donors (Lipinski definition) is 0. The number of esters is 1. The van der Waals surface area contributed by atoms with Crippen LogP contribution >= 0.6 is 32.8 Å². The SMILES string of the molecule is CC(=O)OCc1cc(C(C)(C)C)pc(C(C)(C)C)p1.CC(C)(C)C1=PC(C(C)(C)C)=P1.[Fe]. The number of hydrogen-bond acceptors (Lipinski definition) is 2. The monoisotopic (exact) mass is 554 g/mol. The minimum absolute atomic E-state index is 0. The van der Waals surface area contributed by atoms with E-state index in [1.807, 2.05) is 0 Å². The summed E-state index contributed by atoms with van der Waals surface area (Å²) in [7, 11) is 5.58. The Kier molecular flexibility index (Phi) is 12.0. The largest absolute Gasteiger partial charge is 0.461 e. The summed E-state index contributed by atoms with van der Waals surface area (Å²) in [5.41, 5.74) is 1.15. The van der Waals surface area contributed by atoms with E-state index in [4.69, 9.17) is 4.74 Å². The van der Waals surface area contributed by atoms with Gasteiger partial charge >= 0.3 is 5.97 Å². The van der Waals surface area contributed by atoms with Gasteiger partial charge in [-0.1, -0.05) is 116 Å². The number of ether oxygens (including phenoxy) is 1. The third-order valence-corrected chi connectivity index (χ3v) is 13.1. The van der Waals surface area contributed by atoms with Crippen molar-refractivity contribution in [1.82, 2.24) is 0 Å². The maximum atomic E-state index is 11.0. The predicted octanol–water partition coefficient (Wildman–Crippen LogP) is 9.75. The molecule has 0 bridgehead atoms. The molecule has 1 aliphatic heterocycles. The van der Waals surface area contributed by atoms with Gasteiger partial charge in [0.1, 0.15) is 6.61 Å². The normalized spacial score (nSPS) is 15.7. The second-order valence-electron chi connectivity index (χ2n) is 12.2. The van der Waals surface area contributed by atoms with E-state index in [0.717, 1.165) is 0 Å². The van der Waals surface area contributed by atoms with Gasteiger partial charge in [0.2, 0.25) is 0 Å². The summed E-state index contributed by atoms with van der Waals surface area (Å²) in [6.07, 6.45) is 0. The van der Waals surface area contributed by atoms with Crippen LogP contribution in [0.15, 0.2) is 6.07 Å². The van der Waals surface area contributed by atoms with Crippen molar-refractivity contribution in [3.05, 3.63) is 21.7 Å². The van der Waals surface area contributed by atoms with Crippen LogP contribution in [-0.2, 0) is 44.0 Å². The van der Waals surface area contributed by atoms with E-state index < -0.39 is 0 Å². The van der Waals surface area contributed by atoms with E-state index in [1.165, 1.54) is 55.3 Å². The summed E-state index contributed by atoms with van der Waals surface area (Å²) in [5.74, 6) is -0.214. The van der Waals surface area contributed by atoms with E-state index in [9.17, 15) is 4.79 Å². The Morgan fingerprint density at radius 3 is 1.50 bits per heavy atom. The third-order valence-electron chi connectivity index (χ3n) is 4.41. The van der Waals surface area contributed by atoms with E-state index >= 15 is 0 Å². The van der Waals surface area contributed by atoms with Gasteiger partial charge in [-0.15, -0.1) is 0 Å². The number of rotatable bonds is 2. The first-order chi connectivity index (χ1) is 13.7. The fourth-order valence-electron chi connectivity index (χ4n) is 2.34. The summed E-state index contributed by atoms with van der Waals surface area (Å²) >= 11 is 0. The van der Waals surface area contributed by atoms with Crippen LogP contribution in [0.25, 0.3) is 0 Å². The summed E-state index contributed by atoms with van der Waals surface area (Å²) < 4.78 is 5.16. The molecule has 1 aliphatic rings. The molecule has 2 rings (SSSR count). The molecule has 0 radical (unpaired) electrons. The Balaban J connectivity index is 0.000000639. The molecule has 0 fully saturated rings. The summed E-state index contributed by atoms with van der Waals surface area (Å²) in [6.45, 7) is 29.2. The molecule has 0 amide bonds. The molecule has 7 heteroatoms. The van der Waals surface area contributed by atoms with Gasteiger partial charge in [-0.25, -0.2) is 0 Å². The Hall–Kier alpha value is 0.409. The zero-order valence-electron chi connectivity index (χ0n) is 22.2. The molecule has 0 N–H and O–H groups in total. The van der Waals surface area contributed by atoms with Crippen molar-refractivity contribution >= 4 is 48.8 Å². The van der Waals surface area contributed by atoms with E-state index in [-0.39, 0.29) is 33.9 Å². The van der Waals surface area contributed by atoms with Crippen LogP contribution in [0, 0.1) is 10.8 Å². The number of carbonyl (C=O) groups is 1. The van der Waals surface area contributed by atoms with Gasteiger partial charge in [0.15, 0.2) is 0 Å². The van der Waals surface area contributed by atoms with Crippen LogP contribution in [0.5, 0.6) is 0 Å². The van der Waals surface area contributed by atoms with Crippen molar-refractivity contribution in [3.8, 4) is 0 Å². The quantitative estimate of drug-likeness (QED) is 0.207. The Morgan fingerprint density at radius 1 is 0.750 bits per heavy atom. The van der Waals surface area contributed by atoms with Gasteiger partial charge in [0, 0.05) is 44.4 Å². The second kappa shape index (κ2) is 11.9. The van der Waals surface area contributed by atoms with Crippen molar-refractivity contribution < 1.29 is 26.6 Å². The van der Waals surface area contributed by atoms with Gasteiger partial charge in [0.05, 0.1) is 0 Å². The van der Waals surface area contributed by atoms with Gasteiger partial charge in [0.25, 0.3) is 0 Å². The average molecular weight is 554 g/mol. The topological polar surface area (TPSA) is 26.3 Å². The molecular formula is C25H42FeO2P4. The molecule has 0 aromatic carbocycles. The molecule has 1 aromatic heterocycles. The van der Waals surface area contributed by atoms with Gasteiger partial charge in [-0.2, -0.15) is 0 Å². The maximum Gasteiger partial charge on any atom is 0.302 e.